The number of Topliss-reactive ketones (excluding diaryl/α,β-unsaturated/α-hetero) is 1. The summed E-state index contributed by atoms with van der Waals surface area (Å²) in [4.78, 5) is 126. The molecule has 1 saturated heterocycles. The average molecular weight is 1090 g/mol. The number of benzene rings is 2. The van der Waals surface area contributed by atoms with E-state index < -0.39 is 132 Å². The van der Waals surface area contributed by atoms with Crippen molar-refractivity contribution in [3.8, 4) is 5.75 Å². The summed E-state index contributed by atoms with van der Waals surface area (Å²) in [6, 6.07) is 7.87. The van der Waals surface area contributed by atoms with Gasteiger partial charge in [-0.1, -0.05) is 104 Å². The molecule has 7 N–H and O–H groups in total. The number of aliphatic carboxylic acids is 1. The number of hydrogen-bond acceptors (Lipinski definition) is 14. The Balaban J connectivity index is 1.89. The number of esters is 1. The highest BCUT2D eigenvalue weighted by Crippen LogP contribution is 2.23. The zero-order valence-electron chi connectivity index (χ0n) is 47.8. The lowest BCUT2D eigenvalue weighted by molar-refractivity contribution is -0.155. The number of ether oxygens (including phenoxy) is 3. The Bertz CT molecular complexity index is 2320. The number of carbonyl (C=O) groups excluding carboxylic acids is 8. The summed E-state index contributed by atoms with van der Waals surface area (Å²) in [5.41, 5.74) is 1.50. The monoisotopic (exact) mass is 1090 g/mol. The molecular weight excluding hydrogens is 1010 g/mol. The van der Waals surface area contributed by atoms with Crippen LogP contribution in [0.2, 0.25) is 0 Å². The van der Waals surface area contributed by atoms with Gasteiger partial charge in [0, 0.05) is 13.6 Å². The zero-order valence-corrected chi connectivity index (χ0v) is 47.8. The van der Waals surface area contributed by atoms with Crippen LogP contribution in [0.4, 0.5) is 4.79 Å². The van der Waals surface area contributed by atoms with Gasteiger partial charge < -0.3 is 55.9 Å². The molecule has 3 rings (SSSR count). The quantitative estimate of drug-likeness (QED) is 0.0412. The third kappa shape index (κ3) is 19.7. The Morgan fingerprint density at radius 1 is 0.756 bits per heavy atom. The maximum atomic E-state index is 14.7. The Morgan fingerprint density at radius 2 is 1.38 bits per heavy atom. The van der Waals surface area contributed by atoms with E-state index in [-0.39, 0.29) is 50.7 Å². The Labute approximate surface area is 460 Å². The first-order chi connectivity index (χ1) is 36.7. The third-order valence-electron chi connectivity index (χ3n) is 14.2. The number of aliphatic hydroxyl groups excluding tert-OH is 1. The number of nitrogens with zero attached hydrogens (tertiary/aromatic N) is 2. The van der Waals surface area contributed by atoms with Crippen LogP contribution in [0, 0.1) is 29.6 Å². The Morgan fingerprint density at radius 3 is 1.94 bits per heavy atom. The molecule has 0 radical (unpaired) electrons. The van der Waals surface area contributed by atoms with E-state index in [9.17, 15) is 53.4 Å². The first kappa shape index (κ1) is 65.7. The second-order valence-corrected chi connectivity index (χ2v) is 21.6. The number of hydrogen-bond donors (Lipinski definition) is 7. The van der Waals surface area contributed by atoms with Gasteiger partial charge in [-0.3, -0.25) is 38.5 Å². The van der Waals surface area contributed by atoms with Crippen molar-refractivity contribution in [2.24, 2.45) is 29.6 Å². The number of aliphatic hydroxyl groups is 1. The van der Waals surface area contributed by atoms with Gasteiger partial charge in [-0.05, 0) is 99.9 Å². The van der Waals surface area contributed by atoms with Crippen molar-refractivity contribution in [3.05, 3.63) is 65.7 Å². The SMILES string of the molecule is CC[C@H](C)[C@@H](NC(=O)C(NC(=O)[C@@H](CC(C)C)N(C)C(=O)OCc1ccccc1)[C@@H](C)OC(=O)[C@H](Cc1ccc(OC)cc1)NC)C(O)CC(=O)N[C@H](C(=O)[C@H](C)C(=O)N[C@@H](CC(C)C)C(=O)N1CCC[C@@H]1C(=O)O)C(C)C. The van der Waals surface area contributed by atoms with E-state index in [2.05, 4.69) is 26.6 Å². The second-order valence-electron chi connectivity index (χ2n) is 21.6. The van der Waals surface area contributed by atoms with Crippen molar-refractivity contribution >= 4 is 53.4 Å². The number of carboxylic acids is 1. The number of amides is 6. The van der Waals surface area contributed by atoms with E-state index in [1.807, 2.05) is 33.8 Å². The van der Waals surface area contributed by atoms with E-state index in [0.717, 1.165) is 16.0 Å². The molecule has 1 aliphatic rings. The summed E-state index contributed by atoms with van der Waals surface area (Å²) in [7, 11) is 4.51. The van der Waals surface area contributed by atoms with Crippen LogP contribution < -0.4 is 31.3 Å². The summed E-state index contributed by atoms with van der Waals surface area (Å²) in [6.07, 6.45) is -2.67. The molecular formula is C57H87N7O14. The largest absolute Gasteiger partial charge is 0.497 e. The minimum Gasteiger partial charge on any atom is -0.497 e. The molecule has 21 heteroatoms. The molecule has 6 amide bonds. The van der Waals surface area contributed by atoms with Gasteiger partial charge in [0.25, 0.3) is 0 Å². The minimum atomic E-state index is -1.61. The summed E-state index contributed by atoms with van der Waals surface area (Å²) >= 11 is 0. The minimum absolute atomic E-state index is 0.0659. The number of likely N-dealkylation sites (N-methyl/N-ethyl adjacent to an activating group) is 2. The van der Waals surface area contributed by atoms with Gasteiger partial charge in [0.2, 0.25) is 29.5 Å². The van der Waals surface area contributed by atoms with Crippen LogP contribution in [0.3, 0.4) is 0 Å². The molecule has 0 bridgehead atoms. The first-order valence-electron chi connectivity index (χ1n) is 27.1. The molecule has 0 spiro atoms. The molecule has 1 fully saturated rings. The molecule has 434 valence electrons. The van der Waals surface area contributed by atoms with Crippen LogP contribution >= 0.6 is 0 Å². The molecule has 2 aromatic rings. The normalized spacial score (nSPS) is 17.2. The van der Waals surface area contributed by atoms with Gasteiger partial charge in [0.05, 0.1) is 37.6 Å². The standard InChI is InChI=1S/C57H87N7O14/c1-14-35(8)48(45(65)30-46(66)60-47(34(6)7)50(67)36(9)51(68)59-41(27-32(2)3)54(71)64-26-18-21-43(64)55(72)73)61-53(70)49(37(10)78-56(74)42(58-11)29-38-22-24-40(76-13)25-23-38)62-52(69)44(28-33(4)5)63(12)57(75)77-31-39-19-16-15-17-20-39/h15-17,19-20,22-25,32-37,41-45,47-49,58,65H,14,18,21,26-31H2,1-13H3,(H,59,68)(H,60,66)(H,61,70)(H,62,69)(H,72,73)/t35-,36-,37+,41-,42-,43+,44+,45?,47-,48+,49?/m0/s1. The predicted octanol–water partition coefficient (Wildman–Crippen LogP) is 4.16. The van der Waals surface area contributed by atoms with E-state index in [0.29, 0.717) is 18.6 Å². The average Bonchev–Trinajstić information content (AvgIpc) is 3.90. The zero-order chi connectivity index (χ0) is 58.6. The molecule has 0 aliphatic carbocycles. The van der Waals surface area contributed by atoms with Crippen LogP contribution in [0.1, 0.15) is 119 Å². The predicted molar refractivity (Wildman–Crippen MR) is 291 cm³/mol. The van der Waals surface area contributed by atoms with Gasteiger partial charge >= 0.3 is 18.0 Å². The summed E-state index contributed by atoms with van der Waals surface area (Å²) < 4.78 is 16.7. The Kier molecular flexibility index (Phi) is 26.7. The number of likely N-dealkylation sites (tertiary alicyclic amines) is 1. The number of rotatable bonds is 31. The van der Waals surface area contributed by atoms with Gasteiger partial charge in [0.15, 0.2) is 5.78 Å². The van der Waals surface area contributed by atoms with E-state index in [1.54, 1.807) is 83.3 Å². The molecule has 2 unspecified atom stereocenters. The molecule has 0 aromatic heterocycles. The Hall–Kier alpha value is -6.61. The number of ketones is 1. The highest BCUT2D eigenvalue weighted by atomic mass is 16.6. The van der Waals surface area contributed by atoms with Crippen LogP contribution in [-0.4, -0.2) is 156 Å². The smallest absolute Gasteiger partial charge is 0.410 e. The van der Waals surface area contributed by atoms with Gasteiger partial charge in [-0.25, -0.2) is 9.59 Å². The fraction of sp³-hybridized carbons (Fsp3) is 0.632. The summed E-state index contributed by atoms with van der Waals surface area (Å²) in [6.45, 7) is 17.2. The number of carbonyl (C=O) groups is 9. The molecule has 1 aliphatic heterocycles. The van der Waals surface area contributed by atoms with Crippen LogP contribution in [0.25, 0.3) is 0 Å². The van der Waals surface area contributed by atoms with Crippen molar-refractivity contribution < 1.29 is 67.6 Å². The van der Waals surface area contributed by atoms with Crippen molar-refractivity contribution in [1.29, 1.82) is 0 Å². The number of nitrogens with one attached hydrogen (secondary N) is 5. The van der Waals surface area contributed by atoms with Gasteiger partial charge in [-0.2, -0.15) is 0 Å². The fourth-order valence-electron chi connectivity index (χ4n) is 9.23. The molecule has 0 saturated carbocycles. The van der Waals surface area contributed by atoms with E-state index in [4.69, 9.17) is 14.2 Å². The van der Waals surface area contributed by atoms with Crippen molar-refractivity contribution in [1.82, 2.24) is 36.4 Å². The van der Waals surface area contributed by atoms with Crippen LogP contribution in [0.15, 0.2) is 54.6 Å². The molecule has 11 atom stereocenters. The lowest BCUT2D eigenvalue weighted by Gasteiger charge is -2.34. The highest BCUT2D eigenvalue weighted by Gasteiger charge is 2.42. The van der Waals surface area contributed by atoms with Gasteiger partial charge in [-0.15, -0.1) is 0 Å². The summed E-state index contributed by atoms with van der Waals surface area (Å²) in [5.74, 6) is -8.32. The maximum absolute atomic E-state index is 14.7. The molecule has 2 aromatic carbocycles. The van der Waals surface area contributed by atoms with Crippen molar-refractivity contribution in [2.45, 2.75) is 175 Å². The molecule has 1 heterocycles. The summed E-state index contributed by atoms with van der Waals surface area (Å²) in [5, 5.41) is 35.4. The number of methoxy groups -OCH3 is 1. The molecule has 78 heavy (non-hydrogen) atoms. The lowest BCUT2D eigenvalue weighted by atomic mass is 9.89. The third-order valence-corrected chi connectivity index (χ3v) is 14.2. The first-order valence-corrected chi connectivity index (χ1v) is 27.1. The molecule has 21 nitrogen and oxygen atoms in total. The second kappa shape index (κ2) is 31.7. The number of carboxylic acid groups (broad SMARTS) is 1. The lowest BCUT2D eigenvalue weighted by Crippen LogP contribution is -2.61. The van der Waals surface area contributed by atoms with Gasteiger partial charge in [0.1, 0.15) is 48.7 Å². The van der Waals surface area contributed by atoms with Crippen molar-refractivity contribution in [3.63, 3.8) is 0 Å². The fourth-order valence-corrected chi connectivity index (χ4v) is 9.23. The van der Waals surface area contributed by atoms with Crippen molar-refractivity contribution in [2.75, 3.05) is 27.7 Å². The van der Waals surface area contributed by atoms with Crippen LogP contribution in [-0.2, 0) is 60.9 Å². The van der Waals surface area contributed by atoms with E-state index in [1.165, 1.54) is 32.9 Å². The topological polar surface area (TPSA) is 288 Å². The van der Waals surface area contributed by atoms with E-state index >= 15 is 0 Å². The maximum Gasteiger partial charge on any atom is 0.410 e. The highest BCUT2D eigenvalue weighted by molar-refractivity contribution is 6.05. The van der Waals surface area contributed by atoms with Crippen LogP contribution in [0.5, 0.6) is 5.75 Å².